The fraction of sp³-hybridized carbons (Fsp3) is 0.423. The zero-order chi connectivity index (χ0) is 29.9. The van der Waals surface area contributed by atoms with E-state index in [1.165, 1.54) is 30.3 Å². The molecule has 0 aliphatic carbocycles. The van der Waals surface area contributed by atoms with Gasteiger partial charge in [0.05, 0.1) is 39.6 Å². The lowest BCUT2D eigenvalue weighted by Gasteiger charge is -2.12. The molecule has 0 aliphatic rings. The second-order valence-corrected chi connectivity index (χ2v) is 9.98. The number of rotatable bonds is 20. The molecule has 0 radical (unpaired) electrons. The molecule has 15 heteroatoms. The second kappa shape index (κ2) is 18.9. The molecule has 0 saturated heterocycles. The van der Waals surface area contributed by atoms with Crippen LogP contribution in [0, 0.1) is 0 Å². The quantitative estimate of drug-likeness (QED) is 0.0868. The summed E-state index contributed by atoms with van der Waals surface area (Å²) in [6.45, 7) is 2.59. The largest absolute Gasteiger partial charge is 0.483 e. The molecule has 0 heterocycles. The molecule has 0 atom stereocenters. The summed E-state index contributed by atoms with van der Waals surface area (Å²) in [6, 6.07) is 11.8. The van der Waals surface area contributed by atoms with Gasteiger partial charge in [-0.25, -0.2) is 0 Å². The fourth-order valence-electron chi connectivity index (χ4n) is 3.24. The summed E-state index contributed by atoms with van der Waals surface area (Å²) < 4.78 is 33.0. The monoisotopic (exact) mass is 596 g/mol. The van der Waals surface area contributed by atoms with Gasteiger partial charge < -0.3 is 50.4 Å². The van der Waals surface area contributed by atoms with Gasteiger partial charge in [0.2, 0.25) is 5.91 Å². The van der Waals surface area contributed by atoms with E-state index in [4.69, 9.17) is 24.7 Å². The van der Waals surface area contributed by atoms with E-state index in [1.807, 2.05) is 0 Å². The Bertz CT molecular complexity index is 1160. The summed E-state index contributed by atoms with van der Waals surface area (Å²) in [4.78, 5) is 54.9. The first-order valence-electron chi connectivity index (χ1n) is 12.9. The number of carbonyl (C=O) groups is 3. The first-order valence-corrected chi connectivity index (χ1v) is 14.5. The summed E-state index contributed by atoms with van der Waals surface area (Å²) in [7, 11) is -4.56. The number of nitrogens with two attached hydrogens (primary N) is 1. The van der Waals surface area contributed by atoms with Gasteiger partial charge in [0.25, 0.3) is 11.8 Å². The average molecular weight is 597 g/mol. The third-order valence-electron chi connectivity index (χ3n) is 5.16. The standard InChI is InChI=1S/C26H37N4O10P/c27-9-10-28-24(31)8-12-37-14-16-39-17-15-38-13-11-29-26(33)20-4-3-5-21(18-20)30-25(32)19-40-22-6-1-2-7-23(22)41(34,35)36/h1-7,18H,8-17,19,27H2,(H,28,31)(H,29,33)(H,30,32)(H2,34,35,36). The summed E-state index contributed by atoms with van der Waals surface area (Å²) in [5.74, 6) is -1.13. The van der Waals surface area contributed by atoms with Crippen LogP contribution in [0.1, 0.15) is 16.8 Å². The molecule has 0 spiro atoms. The van der Waals surface area contributed by atoms with E-state index < -0.39 is 20.1 Å². The van der Waals surface area contributed by atoms with Crippen LogP contribution in [-0.2, 0) is 28.4 Å². The number of hydrogen-bond acceptors (Lipinski definition) is 9. The van der Waals surface area contributed by atoms with E-state index in [9.17, 15) is 28.7 Å². The molecule has 0 fully saturated rings. The smallest absolute Gasteiger partial charge is 0.359 e. The summed E-state index contributed by atoms with van der Waals surface area (Å²) in [5.41, 5.74) is 5.97. The maximum atomic E-state index is 12.4. The third-order valence-corrected chi connectivity index (χ3v) is 6.16. The normalized spacial score (nSPS) is 11.1. The Balaban J connectivity index is 1.58. The number of anilines is 1. The van der Waals surface area contributed by atoms with Crippen molar-refractivity contribution in [2.24, 2.45) is 5.73 Å². The van der Waals surface area contributed by atoms with Crippen LogP contribution in [0.3, 0.4) is 0 Å². The molecular weight excluding hydrogens is 559 g/mol. The van der Waals surface area contributed by atoms with Crippen LogP contribution in [0.4, 0.5) is 5.69 Å². The molecule has 2 aromatic rings. The van der Waals surface area contributed by atoms with Crippen LogP contribution in [0.15, 0.2) is 48.5 Å². The van der Waals surface area contributed by atoms with Crippen molar-refractivity contribution < 1.29 is 47.7 Å². The predicted octanol–water partition coefficient (Wildman–Crippen LogP) is -0.248. The van der Waals surface area contributed by atoms with Crippen molar-refractivity contribution in [3.63, 3.8) is 0 Å². The van der Waals surface area contributed by atoms with Crippen LogP contribution in [-0.4, -0.2) is 93.4 Å². The van der Waals surface area contributed by atoms with Crippen LogP contribution in [0.5, 0.6) is 5.75 Å². The summed E-state index contributed by atoms with van der Waals surface area (Å²) >= 11 is 0. The van der Waals surface area contributed by atoms with E-state index >= 15 is 0 Å². The SMILES string of the molecule is NCCNC(=O)CCOCCOCCOCCNC(=O)c1cccc(NC(=O)COc2ccccc2P(=O)(O)O)c1. The highest BCUT2D eigenvalue weighted by molar-refractivity contribution is 7.60. The minimum Gasteiger partial charge on any atom is -0.483 e. The van der Waals surface area contributed by atoms with E-state index in [0.717, 1.165) is 0 Å². The summed E-state index contributed by atoms with van der Waals surface area (Å²) in [6.07, 6.45) is 0.266. The molecule has 0 saturated carbocycles. The molecule has 2 rings (SSSR count). The van der Waals surface area contributed by atoms with Crippen molar-refractivity contribution in [1.82, 2.24) is 10.6 Å². The zero-order valence-corrected chi connectivity index (χ0v) is 23.5. The van der Waals surface area contributed by atoms with Crippen molar-refractivity contribution in [3.8, 4) is 5.75 Å². The predicted molar refractivity (Wildman–Crippen MR) is 150 cm³/mol. The maximum absolute atomic E-state index is 12.4. The molecule has 7 N–H and O–H groups in total. The maximum Gasteiger partial charge on any atom is 0.359 e. The molecule has 0 aromatic heterocycles. The Labute approximate surface area is 238 Å². The highest BCUT2D eigenvalue weighted by Crippen LogP contribution is 2.37. The van der Waals surface area contributed by atoms with Gasteiger partial charge in [0.15, 0.2) is 6.61 Å². The number of ether oxygens (including phenoxy) is 4. The van der Waals surface area contributed by atoms with Gasteiger partial charge in [0.1, 0.15) is 11.1 Å². The van der Waals surface area contributed by atoms with Crippen LogP contribution >= 0.6 is 7.60 Å². The van der Waals surface area contributed by atoms with Crippen molar-refractivity contribution in [2.45, 2.75) is 6.42 Å². The lowest BCUT2D eigenvalue weighted by atomic mass is 10.2. The number of para-hydroxylation sites is 1. The molecule has 226 valence electrons. The van der Waals surface area contributed by atoms with Crippen LogP contribution < -0.4 is 31.7 Å². The molecule has 0 unspecified atom stereocenters. The van der Waals surface area contributed by atoms with Crippen molar-refractivity contribution in [2.75, 3.05) is 71.2 Å². The molecule has 0 aliphatic heterocycles. The van der Waals surface area contributed by atoms with Gasteiger partial charge in [-0.15, -0.1) is 0 Å². The number of amides is 3. The summed E-state index contributed by atoms with van der Waals surface area (Å²) in [5, 5.41) is 7.64. The highest BCUT2D eigenvalue weighted by Gasteiger charge is 2.22. The molecule has 14 nitrogen and oxygen atoms in total. The lowest BCUT2D eigenvalue weighted by Crippen LogP contribution is -2.29. The minimum absolute atomic E-state index is 0.0936. The van der Waals surface area contributed by atoms with Gasteiger partial charge in [-0.1, -0.05) is 18.2 Å². The number of nitrogens with one attached hydrogen (secondary N) is 3. The Morgan fingerprint density at radius 2 is 1.49 bits per heavy atom. The number of carbonyl (C=O) groups excluding carboxylic acids is 3. The second-order valence-electron chi connectivity index (χ2n) is 8.41. The van der Waals surface area contributed by atoms with E-state index in [0.29, 0.717) is 57.4 Å². The molecule has 0 bridgehead atoms. The average Bonchev–Trinajstić information content (AvgIpc) is 2.95. The van der Waals surface area contributed by atoms with E-state index in [2.05, 4.69) is 16.0 Å². The van der Waals surface area contributed by atoms with Crippen LogP contribution in [0.25, 0.3) is 0 Å². The first kappa shape index (κ1) is 33.8. The lowest BCUT2D eigenvalue weighted by molar-refractivity contribution is -0.122. The number of hydrogen-bond donors (Lipinski definition) is 6. The Kier molecular flexibility index (Phi) is 15.6. The number of benzene rings is 2. The molecule has 3 amide bonds. The fourth-order valence-corrected chi connectivity index (χ4v) is 3.95. The van der Waals surface area contributed by atoms with Gasteiger partial charge in [-0.3, -0.25) is 18.9 Å². The van der Waals surface area contributed by atoms with Crippen molar-refractivity contribution >= 4 is 36.3 Å². The third kappa shape index (κ3) is 14.2. The van der Waals surface area contributed by atoms with Crippen molar-refractivity contribution in [3.05, 3.63) is 54.1 Å². The van der Waals surface area contributed by atoms with Crippen LogP contribution in [0.2, 0.25) is 0 Å². The van der Waals surface area contributed by atoms with Gasteiger partial charge in [-0.2, -0.15) is 0 Å². The molecular formula is C26H37N4O10P. The van der Waals surface area contributed by atoms with Gasteiger partial charge in [-0.05, 0) is 30.3 Å². The topological polar surface area (TPSA) is 208 Å². The first-order chi connectivity index (χ1) is 19.7. The highest BCUT2D eigenvalue weighted by atomic mass is 31.2. The Morgan fingerprint density at radius 3 is 2.20 bits per heavy atom. The molecule has 2 aromatic carbocycles. The van der Waals surface area contributed by atoms with Crippen molar-refractivity contribution in [1.29, 1.82) is 0 Å². The molecule has 41 heavy (non-hydrogen) atoms. The van der Waals surface area contributed by atoms with Gasteiger partial charge >= 0.3 is 7.60 Å². The van der Waals surface area contributed by atoms with E-state index in [-0.39, 0.29) is 42.4 Å². The zero-order valence-electron chi connectivity index (χ0n) is 22.6. The minimum atomic E-state index is -4.56. The Morgan fingerprint density at radius 1 is 0.805 bits per heavy atom. The van der Waals surface area contributed by atoms with Gasteiger partial charge in [0, 0.05) is 37.3 Å². The Hall–Kier alpha value is -3.36. The van der Waals surface area contributed by atoms with E-state index in [1.54, 1.807) is 18.2 Å².